The molecule has 0 aliphatic carbocycles. The number of likely N-dealkylation sites (tertiary alicyclic amines) is 1. The first-order valence-electron chi connectivity index (χ1n) is 8.84. The molecule has 1 aromatic carbocycles. The van der Waals surface area contributed by atoms with Gasteiger partial charge in [-0.3, -0.25) is 14.1 Å². The highest BCUT2D eigenvalue weighted by Crippen LogP contribution is 2.36. The van der Waals surface area contributed by atoms with Crippen molar-refractivity contribution in [2.24, 2.45) is 0 Å². The maximum atomic E-state index is 13.0. The van der Waals surface area contributed by atoms with E-state index in [-0.39, 0.29) is 19.4 Å². The van der Waals surface area contributed by atoms with Gasteiger partial charge >= 0.3 is 16.4 Å². The molecule has 0 saturated carbocycles. The molecule has 2 saturated heterocycles. The van der Waals surface area contributed by atoms with E-state index >= 15 is 0 Å². The summed E-state index contributed by atoms with van der Waals surface area (Å²) in [6.07, 6.45) is 0.530. The van der Waals surface area contributed by atoms with Crippen molar-refractivity contribution in [1.29, 1.82) is 0 Å². The number of hydrogen-bond acceptors (Lipinski definition) is 5. The van der Waals surface area contributed by atoms with Gasteiger partial charge in [0, 0.05) is 30.1 Å². The van der Waals surface area contributed by atoms with E-state index < -0.39 is 46.3 Å². The Morgan fingerprint density at radius 1 is 1.31 bits per heavy atom. The maximum Gasteiger partial charge on any atom is 0.405 e. The Morgan fingerprint density at radius 2 is 2.03 bits per heavy atom. The molecule has 12 heteroatoms. The van der Waals surface area contributed by atoms with Crippen molar-refractivity contribution in [2.75, 3.05) is 6.54 Å². The molecule has 4 rings (SSSR count). The largest absolute Gasteiger partial charge is 0.465 e. The predicted molar refractivity (Wildman–Crippen MR) is 99.3 cm³/mol. The van der Waals surface area contributed by atoms with Crippen LogP contribution in [0.4, 0.5) is 4.79 Å². The number of amides is 3. The van der Waals surface area contributed by atoms with Gasteiger partial charge in [0.25, 0.3) is 5.91 Å². The van der Waals surface area contributed by atoms with Crippen LogP contribution in [0.5, 0.6) is 0 Å². The SMILES string of the molecule is O=C(O)N[C@@H](Cc1c[nH]c2ccccc12)C(=O)N1CC[C@@H]2[C@H]1C(=O)N2S(=O)(=O)O. The van der Waals surface area contributed by atoms with Gasteiger partial charge in [-0.2, -0.15) is 8.42 Å². The fraction of sp³-hybridized carbons (Fsp3) is 0.353. The number of nitrogens with one attached hydrogen (secondary N) is 2. The molecule has 154 valence electrons. The second kappa shape index (κ2) is 6.74. The fourth-order valence-corrected chi connectivity index (χ4v) is 5.03. The number of nitrogens with zero attached hydrogens (tertiary/aromatic N) is 2. The number of β-lactam (4-membered cyclic amide) rings is 1. The topological polar surface area (TPSA) is 160 Å². The lowest BCUT2D eigenvalue weighted by Gasteiger charge is -2.43. The lowest BCUT2D eigenvalue weighted by molar-refractivity contribution is -0.152. The molecule has 4 N–H and O–H groups in total. The second-order valence-corrected chi connectivity index (χ2v) is 8.30. The van der Waals surface area contributed by atoms with Crippen LogP contribution in [0.2, 0.25) is 0 Å². The van der Waals surface area contributed by atoms with Gasteiger partial charge in [-0.1, -0.05) is 18.2 Å². The van der Waals surface area contributed by atoms with Crippen molar-refractivity contribution in [3.63, 3.8) is 0 Å². The third kappa shape index (κ3) is 3.19. The Hall–Kier alpha value is -3.12. The monoisotopic (exact) mass is 422 g/mol. The van der Waals surface area contributed by atoms with Crippen LogP contribution in [0.15, 0.2) is 30.5 Å². The van der Waals surface area contributed by atoms with Crippen LogP contribution < -0.4 is 5.32 Å². The van der Waals surface area contributed by atoms with Crippen molar-refractivity contribution in [3.05, 3.63) is 36.0 Å². The van der Waals surface area contributed by atoms with Crippen LogP contribution in [0.1, 0.15) is 12.0 Å². The standard InChI is InChI=1S/C17H18N4O7S/c22-15(20-6-5-13-14(20)16(23)21(13)29(26,27)28)12(19-17(24)25)7-9-8-18-11-4-2-1-3-10(9)11/h1-4,8,12-14,18-19H,5-7H2,(H,24,25)(H,26,27,28)/t12-,13+,14-/m0/s1. The van der Waals surface area contributed by atoms with Crippen molar-refractivity contribution in [2.45, 2.75) is 31.0 Å². The van der Waals surface area contributed by atoms with E-state index in [2.05, 4.69) is 10.3 Å². The van der Waals surface area contributed by atoms with Gasteiger partial charge in [-0.05, 0) is 18.1 Å². The average molecular weight is 422 g/mol. The molecule has 29 heavy (non-hydrogen) atoms. The molecule has 3 amide bonds. The number of benzene rings is 1. The van der Waals surface area contributed by atoms with Gasteiger partial charge in [0.15, 0.2) is 0 Å². The summed E-state index contributed by atoms with van der Waals surface area (Å²) in [5.74, 6) is -1.52. The van der Waals surface area contributed by atoms with E-state index in [1.807, 2.05) is 24.3 Å². The molecule has 1 aromatic heterocycles. The van der Waals surface area contributed by atoms with Crippen molar-refractivity contribution < 1.29 is 32.5 Å². The number of H-pyrrole nitrogens is 1. The van der Waals surface area contributed by atoms with Gasteiger partial charge in [-0.15, -0.1) is 0 Å². The normalized spacial score (nSPS) is 22.3. The highest BCUT2D eigenvalue weighted by Gasteiger charge is 2.60. The number of aromatic amines is 1. The second-order valence-electron chi connectivity index (χ2n) is 7.01. The van der Waals surface area contributed by atoms with E-state index in [1.54, 1.807) is 6.20 Å². The molecular formula is C17H18N4O7S. The van der Waals surface area contributed by atoms with Crippen molar-refractivity contribution >= 4 is 39.1 Å². The summed E-state index contributed by atoms with van der Waals surface area (Å²) >= 11 is 0. The first-order valence-corrected chi connectivity index (χ1v) is 10.2. The number of carboxylic acid groups (broad SMARTS) is 1. The molecule has 2 fully saturated rings. The van der Waals surface area contributed by atoms with Crippen LogP contribution in [-0.4, -0.2) is 74.8 Å². The Labute approximate surface area is 165 Å². The van der Waals surface area contributed by atoms with E-state index in [4.69, 9.17) is 4.55 Å². The van der Waals surface area contributed by atoms with E-state index in [1.165, 1.54) is 4.90 Å². The summed E-state index contributed by atoms with van der Waals surface area (Å²) in [5.41, 5.74) is 1.56. The minimum absolute atomic E-state index is 0.0548. The number of para-hydroxylation sites is 1. The zero-order valence-electron chi connectivity index (χ0n) is 15.0. The number of carbonyl (C=O) groups is 3. The summed E-state index contributed by atoms with van der Waals surface area (Å²) < 4.78 is 32.2. The lowest BCUT2D eigenvalue weighted by Crippen LogP contribution is -2.69. The number of hydrogen-bond donors (Lipinski definition) is 4. The number of fused-ring (bicyclic) bond motifs is 2. The summed E-state index contributed by atoms with van der Waals surface area (Å²) in [4.78, 5) is 40.7. The zero-order valence-corrected chi connectivity index (χ0v) is 15.8. The van der Waals surface area contributed by atoms with Crippen molar-refractivity contribution in [1.82, 2.24) is 19.5 Å². The Balaban J connectivity index is 1.57. The molecule has 0 spiro atoms. The van der Waals surface area contributed by atoms with E-state index in [9.17, 15) is 27.9 Å². The van der Waals surface area contributed by atoms with Gasteiger partial charge in [0.1, 0.15) is 12.1 Å². The first-order chi connectivity index (χ1) is 13.7. The van der Waals surface area contributed by atoms with Crippen LogP contribution in [0, 0.1) is 0 Å². The average Bonchev–Trinajstić information content (AvgIpc) is 3.20. The Bertz CT molecular complexity index is 1110. The smallest absolute Gasteiger partial charge is 0.405 e. The van der Waals surface area contributed by atoms with Gasteiger partial charge in [0.2, 0.25) is 5.91 Å². The molecule has 2 aliphatic rings. The molecule has 2 aromatic rings. The van der Waals surface area contributed by atoms with Gasteiger partial charge in [-0.25, -0.2) is 9.10 Å². The van der Waals surface area contributed by atoms with Gasteiger partial charge < -0.3 is 20.3 Å². The number of rotatable bonds is 5. The van der Waals surface area contributed by atoms with Crippen LogP contribution in [0.25, 0.3) is 10.9 Å². The molecule has 11 nitrogen and oxygen atoms in total. The molecular weight excluding hydrogens is 404 g/mol. The summed E-state index contributed by atoms with van der Waals surface area (Å²) in [6, 6.07) is 4.35. The Morgan fingerprint density at radius 3 is 2.72 bits per heavy atom. The minimum Gasteiger partial charge on any atom is -0.465 e. The van der Waals surface area contributed by atoms with E-state index in [0.717, 1.165) is 16.5 Å². The highest BCUT2D eigenvalue weighted by molar-refractivity contribution is 7.84. The summed E-state index contributed by atoms with van der Waals surface area (Å²) in [5, 5.41) is 12.2. The lowest BCUT2D eigenvalue weighted by atomic mass is 9.99. The predicted octanol–water partition coefficient (Wildman–Crippen LogP) is -0.0389. The molecule has 0 bridgehead atoms. The molecule has 0 unspecified atom stereocenters. The molecule has 3 heterocycles. The molecule has 0 radical (unpaired) electrons. The van der Waals surface area contributed by atoms with Crippen LogP contribution in [0.3, 0.4) is 0 Å². The number of carbonyl (C=O) groups excluding carboxylic acids is 2. The maximum absolute atomic E-state index is 13.0. The Kier molecular flexibility index (Phi) is 4.46. The zero-order chi connectivity index (χ0) is 20.9. The summed E-state index contributed by atoms with van der Waals surface area (Å²) in [6.45, 7) is 0.0810. The van der Waals surface area contributed by atoms with Crippen molar-refractivity contribution in [3.8, 4) is 0 Å². The highest BCUT2D eigenvalue weighted by atomic mass is 32.2. The van der Waals surface area contributed by atoms with Crippen LogP contribution >= 0.6 is 0 Å². The van der Waals surface area contributed by atoms with E-state index in [0.29, 0.717) is 4.31 Å². The van der Waals surface area contributed by atoms with Gasteiger partial charge in [0.05, 0.1) is 6.04 Å². The van der Waals surface area contributed by atoms with Crippen LogP contribution in [-0.2, 0) is 26.3 Å². The number of aromatic nitrogens is 1. The molecule has 3 atom stereocenters. The summed E-state index contributed by atoms with van der Waals surface area (Å²) in [7, 11) is -4.69. The third-order valence-electron chi connectivity index (χ3n) is 5.36. The third-order valence-corrected chi connectivity index (χ3v) is 6.31. The fourth-order valence-electron chi connectivity index (χ4n) is 4.13. The first kappa shape index (κ1) is 19.2. The minimum atomic E-state index is -4.69. The quantitative estimate of drug-likeness (QED) is 0.388. The molecule has 2 aliphatic heterocycles.